The van der Waals surface area contributed by atoms with Crippen LogP contribution in [0.4, 0.5) is 0 Å². The molecule has 0 bridgehead atoms. The minimum absolute atomic E-state index is 1.08. The van der Waals surface area contributed by atoms with Crippen molar-refractivity contribution in [2.24, 2.45) is 5.10 Å². The van der Waals surface area contributed by atoms with Gasteiger partial charge in [0.1, 0.15) is 12.7 Å². The number of nitrogens with zero attached hydrogens (tertiary/aromatic N) is 5. The van der Waals surface area contributed by atoms with E-state index >= 15 is 0 Å². The van der Waals surface area contributed by atoms with E-state index in [9.17, 15) is 0 Å². The molecule has 6 heteroatoms. The van der Waals surface area contributed by atoms with Crippen LogP contribution in [-0.4, -0.2) is 25.7 Å². The Hall–Kier alpha value is -1.96. The molecule has 0 aliphatic carbocycles. The van der Waals surface area contributed by atoms with Crippen molar-refractivity contribution >= 4 is 28.8 Å². The number of rotatable bonds is 3. The van der Waals surface area contributed by atoms with Gasteiger partial charge in [-0.05, 0) is 66.8 Å². The molecule has 0 radical (unpaired) electrons. The van der Waals surface area contributed by atoms with Gasteiger partial charge in [-0.2, -0.15) is 5.10 Å². The predicted molar refractivity (Wildman–Crippen MR) is 91.0 cm³/mol. The van der Waals surface area contributed by atoms with E-state index in [2.05, 4.69) is 86.6 Å². The Morgan fingerprint density at radius 2 is 1.76 bits per heavy atom. The minimum Gasteiger partial charge on any atom is -0.318 e. The molecular weight excluding hydrogens is 377 g/mol. The molecule has 0 amide bonds. The second-order valence-corrected chi connectivity index (χ2v) is 5.97. The molecule has 21 heavy (non-hydrogen) atoms. The summed E-state index contributed by atoms with van der Waals surface area (Å²) in [5.74, 6) is 0. The summed E-state index contributed by atoms with van der Waals surface area (Å²) in [5, 5.41) is 11.8. The average Bonchev–Trinajstić information content (AvgIpc) is 3.07. The van der Waals surface area contributed by atoms with Crippen molar-refractivity contribution in [2.45, 2.75) is 13.8 Å². The zero-order chi connectivity index (χ0) is 14.8. The van der Waals surface area contributed by atoms with Gasteiger partial charge in [0.2, 0.25) is 0 Å². The molecule has 106 valence electrons. The molecular formula is C15H14IN5. The monoisotopic (exact) mass is 391 g/mol. The van der Waals surface area contributed by atoms with E-state index in [-0.39, 0.29) is 0 Å². The van der Waals surface area contributed by atoms with Gasteiger partial charge in [0, 0.05) is 26.2 Å². The second kappa shape index (κ2) is 5.80. The highest BCUT2D eigenvalue weighted by Gasteiger charge is 2.09. The normalized spacial score (nSPS) is 11.4. The maximum absolute atomic E-state index is 4.31. The topological polar surface area (TPSA) is 48.0 Å². The molecule has 5 nitrogen and oxygen atoms in total. The number of aryl methyl sites for hydroxylation is 1. The molecule has 0 saturated heterocycles. The van der Waals surface area contributed by atoms with Crippen molar-refractivity contribution in [1.82, 2.24) is 19.4 Å². The first kappa shape index (κ1) is 14.0. The fraction of sp³-hybridized carbons (Fsp3) is 0.133. The Kier molecular flexibility index (Phi) is 3.87. The number of aromatic nitrogens is 4. The van der Waals surface area contributed by atoms with Crippen molar-refractivity contribution in [2.75, 3.05) is 0 Å². The number of hydrogen-bond donors (Lipinski definition) is 0. The lowest BCUT2D eigenvalue weighted by Crippen LogP contribution is -1.99. The van der Waals surface area contributed by atoms with E-state index < -0.39 is 0 Å². The second-order valence-electron chi connectivity index (χ2n) is 4.72. The van der Waals surface area contributed by atoms with Crippen LogP contribution in [0, 0.1) is 17.4 Å². The summed E-state index contributed by atoms with van der Waals surface area (Å²) < 4.78 is 5.04. The average molecular weight is 391 g/mol. The van der Waals surface area contributed by atoms with Crippen LogP contribution in [0.1, 0.15) is 17.0 Å². The van der Waals surface area contributed by atoms with Gasteiger partial charge in [-0.3, -0.25) is 0 Å². The Bertz CT molecular complexity index is 769. The van der Waals surface area contributed by atoms with Crippen LogP contribution >= 0.6 is 22.6 Å². The summed E-state index contributed by atoms with van der Waals surface area (Å²) in [4.78, 5) is 0. The molecule has 0 unspecified atom stereocenters. The molecule has 0 aliphatic heterocycles. The SMILES string of the molecule is Cc1cc(/C=N/n2cnnc2)c(C)n1-c1ccc(I)cc1. The summed E-state index contributed by atoms with van der Waals surface area (Å²) in [6, 6.07) is 10.6. The lowest BCUT2D eigenvalue weighted by molar-refractivity contribution is 0.877. The van der Waals surface area contributed by atoms with Gasteiger partial charge in [0.25, 0.3) is 0 Å². The minimum atomic E-state index is 1.08. The molecule has 3 rings (SSSR count). The van der Waals surface area contributed by atoms with Crippen LogP contribution in [0.2, 0.25) is 0 Å². The summed E-state index contributed by atoms with van der Waals surface area (Å²) in [6.07, 6.45) is 4.96. The molecule has 3 aromatic rings. The highest BCUT2D eigenvalue weighted by atomic mass is 127. The summed E-state index contributed by atoms with van der Waals surface area (Å²) in [6.45, 7) is 4.19. The maximum atomic E-state index is 4.31. The molecule has 0 N–H and O–H groups in total. The molecule has 2 heterocycles. The third-order valence-corrected chi connectivity index (χ3v) is 4.01. The lowest BCUT2D eigenvalue weighted by Gasteiger charge is -2.09. The van der Waals surface area contributed by atoms with Gasteiger partial charge in [0.05, 0.1) is 6.21 Å². The van der Waals surface area contributed by atoms with Crippen LogP contribution in [-0.2, 0) is 0 Å². The Balaban J connectivity index is 1.98. The van der Waals surface area contributed by atoms with Gasteiger partial charge in [-0.15, -0.1) is 10.2 Å². The first-order chi connectivity index (χ1) is 10.1. The summed E-state index contributed by atoms with van der Waals surface area (Å²) in [7, 11) is 0. The first-order valence-corrected chi connectivity index (χ1v) is 7.57. The van der Waals surface area contributed by atoms with E-state index in [0.717, 1.165) is 16.9 Å². The van der Waals surface area contributed by atoms with E-state index in [1.165, 1.54) is 9.26 Å². The zero-order valence-corrected chi connectivity index (χ0v) is 13.9. The largest absolute Gasteiger partial charge is 0.318 e. The van der Waals surface area contributed by atoms with E-state index in [0.29, 0.717) is 0 Å². The smallest absolute Gasteiger partial charge is 0.141 e. The predicted octanol–water partition coefficient (Wildman–Crippen LogP) is 3.17. The van der Waals surface area contributed by atoms with Gasteiger partial charge in [0.15, 0.2) is 0 Å². The summed E-state index contributed by atoms with van der Waals surface area (Å²) >= 11 is 2.31. The van der Waals surface area contributed by atoms with Crippen molar-refractivity contribution in [3.05, 3.63) is 63.5 Å². The molecule has 0 atom stereocenters. The third-order valence-electron chi connectivity index (χ3n) is 3.29. The standard InChI is InChI=1S/C15H14IN5/c1-11-7-13(8-19-20-9-17-18-10-20)12(2)21(11)15-5-3-14(16)4-6-15/h3-10H,1-2H3/b19-8+. The van der Waals surface area contributed by atoms with E-state index in [1.807, 2.05) is 6.21 Å². The summed E-state index contributed by atoms with van der Waals surface area (Å²) in [5.41, 5.74) is 4.58. The molecule has 0 saturated carbocycles. The van der Waals surface area contributed by atoms with Crippen LogP contribution in [0.15, 0.2) is 48.1 Å². The quantitative estimate of drug-likeness (QED) is 0.509. The van der Waals surface area contributed by atoms with Crippen LogP contribution < -0.4 is 0 Å². The van der Waals surface area contributed by atoms with Crippen molar-refractivity contribution in [3.63, 3.8) is 0 Å². The molecule has 0 fully saturated rings. The van der Waals surface area contributed by atoms with E-state index in [1.54, 1.807) is 17.3 Å². The highest BCUT2D eigenvalue weighted by molar-refractivity contribution is 14.1. The fourth-order valence-electron chi connectivity index (χ4n) is 2.29. The van der Waals surface area contributed by atoms with Crippen molar-refractivity contribution in [3.8, 4) is 5.69 Å². The highest BCUT2D eigenvalue weighted by Crippen LogP contribution is 2.20. The van der Waals surface area contributed by atoms with Crippen LogP contribution in [0.25, 0.3) is 5.69 Å². The molecule has 1 aromatic carbocycles. The van der Waals surface area contributed by atoms with Gasteiger partial charge >= 0.3 is 0 Å². The fourth-order valence-corrected chi connectivity index (χ4v) is 2.65. The van der Waals surface area contributed by atoms with Crippen molar-refractivity contribution in [1.29, 1.82) is 0 Å². The zero-order valence-electron chi connectivity index (χ0n) is 11.7. The lowest BCUT2D eigenvalue weighted by atomic mass is 10.2. The van der Waals surface area contributed by atoms with Gasteiger partial charge in [-0.1, -0.05) is 0 Å². The van der Waals surface area contributed by atoms with Gasteiger partial charge in [-0.25, -0.2) is 4.68 Å². The van der Waals surface area contributed by atoms with Crippen LogP contribution in [0.5, 0.6) is 0 Å². The van der Waals surface area contributed by atoms with Gasteiger partial charge < -0.3 is 4.57 Å². The Morgan fingerprint density at radius 3 is 2.43 bits per heavy atom. The number of halogens is 1. The molecule has 0 spiro atoms. The first-order valence-electron chi connectivity index (χ1n) is 6.49. The van der Waals surface area contributed by atoms with Crippen molar-refractivity contribution < 1.29 is 0 Å². The van der Waals surface area contributed by atoms with Crippen LogP contribution in [0.3, 0.4) is 0 Å². The Labute approximate surface area is 136 Å². The Morgan fingerprint density at radius 1 is 1.10 bits per heavy atom. The molecule has 2 aromatic heterocycles. The third kappa shape index (κ3) is 2.90. The number of hydrogen-bond acceptors (Lipinski definition) is 3. The van der Waals surface area contributed by atoms with E-state index in [4.69, 9.17) is 0 Å². The molecule has 0 aliphatic rings. The maximum Gasteiger partial charge on any atom is 0.141 e. The number of benzene rings is 1.